The number of nitrogens with one attached hydrogen (secondary N) is 1. The highest BCUT2D eigenvalue weighted by Crippen LogP contribution is 2.19. The Kier molecular flexibility index (Phi) is 9.12. The lowest BCUT2D eigenvalue weighted by atomic mass is 9.99. The Morgan fingerprint density at radius 3 is 2.43 bits per heavy atom. The molecular weight excluding hydrogens is 399 g/mol. The zero-order chi connectivity index (χ0) is 18.5. The van der Waals surface area contributed by atoms with Gasteiger partial charge in [0.25, 0.3) is 5.91 Å². The minimum absolute atomic E-state index is 0. The molecule has 3 rings (SSSR count). The Balaban J connectivity index is 0.00000196. The highest BCUT2D eigenvalue weighted by atomic mass is 35.5. The second-order valence-electron chi connectivity index (χ2n) is 6.46. The Hall–Kier alpha value is -2.41. The summed E-state index contributed by atoms with van der Waals surface area (Å²) in [7, 11) is 0. The van der Waals surface area contributed by atoms with Crippen molar-refractivity contribution in [3.63, 3.8) is 0 Å². The zero-order valence-electron chi connectivity index (χ0n) is 15.7. The normalized spacial score (nSPS) is 11.3. The van der Waals surface area contributed by atoms with Gasteiger partial charge in [-0.05, 0) is 29.2 Å². The number of halogens is 2. The van der Waals surface area contributed by atoms with Crippen LogP contribution >= 0.6 is 24.8 Å². The van der Waals surface area contributed by atoms with Crippen molar-refractivity contribution in [2.24, 2.45) is 5.73 Å². The third kappa shape index (κ3) is 5.79. The van der Waals surface area contributed by atoms with Gasteiger partial charge in [-0.3, -0.25) is 9.78 Å². The molecular formula is C20H24Cl2N4O2. The molecule has 2 aromatic heterocycles. The standard InChI is InChI=1S/C20H22N4O2.2ClH/c1-13(2)14-5-7-15(8-6-14)17(21)12-23-20(25)18-10-19(26-24-18)16-4-3-9-22-11-16;;/h3-11,13,17H,12,21H2,1-2H3,(H,23,25);2*1H. The van der Waals surface area contributed by atoms with Gasteiger partial charge < -0.3 is 15.6 Å². The van der Waals surface area contributed by atoms with Crippen LogP contribution in [0.2, 0.25) is 0 Å². The average Bonchev–Trinajstić information content (AvgIpc) is 3.17. The molecule has 0 saturated carbocycles. The van der Waals surface area contributed by atoms with Crippen molar-refractivity contribution in [1.29, 1.82) is 0 Å². The summed E-state index contributed by atoms with van der Waals surface area (Å²) in [6, 6.07) is 13.1. The summed E-state index contributed by atoms with van der Waals surface area (Å²) in [6.07, 6.45) is 3.32. The van der Waals surface area contributed by atoms with Gasteiger partial charge in [-0.15, -0.1) is 24.8 Å². The topological polar surface area (TPSA) is 94.0 Å². The van der Waals surface area contributed by atoms with Gasteiger partial charge >= 0.3 is 0 Å². The van der Waals surface area contributed by atoms with E-state index in [1.54, 1.807) is 24.5 Å². The van der Waals surface area contributed by atoms with Crippen LogP contribution in [0, 0.1) is 0 Å². The highest BCUT2D eigenvalue weighted by molar-refractivity contribution is 5.93. The first kappa shape index (κ1) is 23.6. The number of carbonyl (C=O) groups is 1. The van der Waals surface area contributed by atoms with E-state index in [0.29, 0.717) is 18.2 Å². The van der Waals surface area contributed by atoms with E-state index >= 15 is 0 Å². The van der Waals surface area contributed by atoms with Gasteiger partial charge in [0.05, 0.1) is 0 Å². The molecule has 0 aliphatic carbocycles. The van der Waals surface area contributed by atoms with Crippen molar-refractivity contribution in [3.05, 3.63) is 71.7 Å². The predicted molar refractivity (Wildman–Crippen MR) is 114 cm³/mol. The number of nitrogens with zero attached hydrogens (tertiary/aromatic N) is 2. The molecule has 1 aromatic carbocycles. The number of hydrogen-bond donors (Lipinski definition) is 2. The van der Waals surface area contributed by atoms with Gasteiger partial charge in [0.15, 0.2) is 11.5 Å². The first-order valence-corrected chi connectivity index (χ1v) is 8.55. The van der Waals surface area contributed by atoms with Crippen LogP contribution in [0.5, 0.6) is 0 Å². The third-order valence-corrected chi connectivity index (χ3v) is 4.20. The number of benzene rings is 1. The minimum Gasteiger partial charge on any atom is -0.355 e. The third-order valence-electron chi connectivity index (χ3n) is 4.20. The Bertz CT molecular complexity index is 867. The molecule has 1 amide bonds. The lowest BCUT2D eigenvalue weighted by Gasteiger charge is -2.14. The summed E-state index contributed by atoms with van der Waals surface area (Å²) in [5.74, 6) is 0.649. The van der Waals surface area contributed by atoms with E-state index in [1.165, 1.54) is 5.56 Å². The number of hydrogen-bond acceptors (Lipinski definition) is 5. The molecule has 0 spiro atoms. The minimum atomic E-state index is -0.321. The summed E-state index contributed by atoms with van der Waals surface area (Å²) >= 11 is 0. The lowest BCUT2D eigenvalue weighted by Crippen LogP contribution is -2.32. The van der Waals surface area contributed by atoms with Crippen molar-refractivity contribution < 1.29 is 9.32 Å². The number of carbonyl (C=O) groups excluding carboxylic acids is 1. The molecule has 0 fully saturated rings. The Labute approximate surface area is 176 Å². The van der Waals surface area contributed by atoms with Crippen molar-refractivity contribution in [2.45, 2.75) is 25.8 Å². The molecule has 0 radical (unpaired) electrons. The van der Waals surface area contributed by atoms with Crippen molar-refractivity contribution in [2.75, 3.05) is 6.54 Å². The van der Waals surface area contributed by atoms with Crippen molar-refractivity contribution >= 4 is 30.7 Å². The molecule has 0 aliphatic rings. The predicted octanol–water partition coefficient (Wildman–Crippen LogP) is 4.13. The number of amides is 1. The maximum atomic E-state index is 12.3. The molecule has 28 heavy (non-hydrogen) atoms. The number of nitrogens with two attached hydrogens (primary N) is 1. The van der Waals surface area contributed by atoms with Crippen LogP contribution in [0.15, 0.2) is 59.4 Å². The van der Waals surface area contributed by atoms with Gasteiger partial charge in [0, 0.05) is 36.6 Å². The van der Waals surface area contributed by atoms with Gasteiger partial charge in [-0.25, -0.2) is 0 Å². The van der Waals surface area contributed by atoms with Gasteiger partial charge in [-0.1, -0.05) is 43.3 Å². The fraction of sp³-hybridized carbons (Fsp3) is 0.250. The summed E-state index contributed by atoms with van der Waals surface area (Å²) in [5.41, 5.74) is 9.39. The van der Waals surface area contributed by atoms with Crippen LogP contribution in [0.25, 0.3) is 11.3 Å². The number of rotatable bonds is 6. The molecule has 1 unspecified atom stereocenters. The second-order valence-corrected chi connectivity index (χ2v) is 6.46. The smallest absolute Gasteiger partial charge is 0.273 e. The maximum absolute atomic E-state index is 12.3. The van der Waals surface area contributed by atoms with E-state index in [-0.39, 0.29) is 42.5 Å². The van der Waals surface area contributed by atoms with Gasteiger partial charge in [0.2, 0.25) is 0 Å². The van der Waals surface area contributed by atoms with Crippen LogP contribution in [-0.2, 0) is 0 Å². The maximum Gasteiger partial charge on any atom is 0.273 e. The molecule has 6 nitrogen and oxygen atoms in total. The summed E-state index contributed by atoms with van der Waals surface area (Å²) in [5, 5.41) is 6.62. The molecule has 3 aromatic rings. The first-order chi connectivity index (χ1) is 12.5. The molecule has 1 atom stereocenters. The monoisotopic (exact) mass is 422 g/mol. The highest BCUT2D eigenvalue weighted by Gasteiger charge is 2.15. The van der Waals surface area contributed by atoms with Crippen LogP contribution in [0.3, 0.4) is 0 Å². The quantitative estimate of drug-likeness (QED) is 0.622. The van der Waals surface area contributed by atoms with E-state index in [0.717, 1.165) is 11.1 Å². The van der Waals surface area contributed by atoms with Gasteiger partial charge in [-0.2, -0.15) is 0 Å². The molecule has 0 aliphatic heterocycles. The lowest BCUT2D eigenvalue weighted by molar-refractivity contribution is 0.0942. The Morgan fingerprint density at radius 2 is 1.82 bits per heavy atom. The summed E-state index contributed by atoms with van der Waals surface area (Å²) in [6.45, 7) is 4.61. The van der Waals surface area contributed by atoms with E-state index in [2.05, 4.69) is 41.4 Å². The molecule has 8 heteroatoms. The second kappa shape index (κ2) is 10.8. The fourth-order valence-corrected chi connectivity index (χ4v) is 2.57. The molecule has 3 N–H and O–H groups in total. The van der Waals surface area contributed by atoms with E-state index in [9.17, 15) is 4.79 Å². The fourth-order valence-electron chi connectivity index (χ4n) is 2.57. The largest absolute Gasteiger partial charge is 0.355 e. The van der Waals surface area contributed by atoms with Gasteiger partial charge in [0.1, 0.15) is 0 Å². The van der Waals surface area contributed by atoms with E-state index in [1.807, 2.05) is 18.2 Å². The van der Waals surface area contributed by atoms with Crippen LogP contribution in [-0.4, -0.2) is 22.6 Å². The Morgan fingerprint density at radius 1 is 1.14 bits per heavy atom. The SMILES string of the molecule is CC(C)c1ccc(C(N)CNC(=O)c2cc(-c3cccnc3)on2)cc1.Cl.Cl. The zero-order valence-corrected chi connectivity index (χ0v) is 17.3. The van der Waals surface area contributed by atoms with Crippen molar-refractivity contribution in [3.8, 4) is 11.3 Å². The van der Waals surface area contributed by atoms with Crippen LogP contribution in [0.1, 0.15) is 47.4 Å². The summed E-state index contributed by atoms with van der Waals surface area (Å²) in [4.78, 5) is 16.3. The van der Waals surface area contributed by atoms with E-state index in [4.69, 9.17) is 10.3 Å². The molecule has 2 heterocycles. The average molecular weight is 423 g/mol. The van der Waals surface area contributed by atoms with Crippen LogP contribution < -0.4 is 11.1 Å². The molecule has 0 bridgehead atoms. The first-order valence-electron chi connectivity index (χ1n) is 8.55. The number of aromatic nitrogens is 2. The molecule has 150 valence electrons. The van der Waals surface area contributed by atoms with Crippen LogP contribution in [0.4, 0.5) is 0 Å². The number of pyridine rings is 1. The van der Waals surface area contributed by atoms with E-state index < -0.39 is 0 Å². The molecule has 0 saturated heterocycles. The van der Waals surface area contributed by atoms with Crippen molar-refractivity contribution in [1.82, 2.24) is 15.5 Å². The summed E-state index contributed by atoms with van der Waals surface area (Å²) < 4.78 is 5.22.